The minimum Gasteiger partial charge on any atom is -0.507 e. The van der Waals surface area contributed by atoms with Crippen LogP contribution < -0.4 is 9.47 Å². The molecule has 1 N–H and O–H groups in total. The summed E-state index contributed by atoms with van der Waals surface area (Å²) in [5, 5.41) is 11.2. The molecule has 3 rings (SSSR count). The number of aliphatic hydroxyl groups is 1. The smallest absolute Gasteiger partial charge is 0.295 e. The maximum absolute atomic E-state index is 13.1. The largest absolute Gasteiger partial charge is 0.507 e. The van der Waals surface area contributed by atoms with E-state index in [4.69, 9.17) is 9.47 Å². The van der Waals surface area contributed by atoms with Crippen LogP contribution in [0.4, 0.5) is 0 Å². The molecule has 1 aliphatic rings. The number of hydrogen-bond donors (Lipinski definition) is 1. The molecule has 0 unspecified atom stereocenters. The van der Waals surface area contributed by atoms with Crippen LogP contribution in [-0.2, 0) is 9.59 Å². The molecule has 0 saturated carbocycles. The first-order valence-electron chi connectivity index (χ1n) is 11.5. The zero-order valence-electron chi connectivity index (χ0n) is 20.7. The van der Waals surface area contributed by atoms with E-state index in [2.05, 4.69) is 0 Å². The van der Waals surface area contributed by atoms with Gasteiger partial charge in [-0.05, 0) is 83.8 Å². The lowest BCUT2D eigenvalue weighted by molar-refractivity contribution is -0.140. The van der Waals surface area contributed by atoms with E-state index in [0.717, 1.165) is 5.56 Å². The molecule has 2 aromatic rings. The third kappa shape index (κ3) is 5.78. The third-order valence-electron chi connectivity index (χ3n) is 5.40. The number of carbonyl (C=O) groups excluding carboxylic acids is 2. The van der Waals surface area contributed by atoms with E-state index in [1.165, 1.54) is 4.90 Å². The molecule has 1 heterocycles. The maximum Gasteiger partial charge on any atom is 0.295 e. The van der Waals surface area contributed by atoms with Gasteiger partial charge in [0.05, 0.1) is 23.8 Å². The molecular weight excluding hydrogens is 432 g/mol. The first kappa shape index (κ1) is 25.3. The number of rotatable bonds is 9. The Balaban J connectivity index is 2.05. The Labute approximate surface area is 201 Å². The summed E-state index contributed by atoms with van der Waals surface area (Å²) in [6.45, 7) is 8.69. The number of hydrogen-bond acceptors (Lipinski definition) is 6. The molecule has 34 heavy (non-hydrogen) atoms. The summed E-state index contributed by atoms with van der Waals surface area (Å²) in [4.78, 5) is 29.6. The molecule has 0 aromatic heterocycles. The van der Waals surface area contributed by atoms with Gasteiger partial charge in [-0.1, -0.05) is 12.1 Å². The second-order valence-corrected chi connectivity index (χ2v) is 9.22. The van der Waals surface area contributed by atoms with Gasteiger partial charge in [0.25, 0.3) is 11.7 Å². The Morgan fingerprint density at radius 3 is 1.88 bits per heavy atom. The highest BCUT2D eigenvalue weighted by Crippen LogP contribution is 2.40. The molecular formula is C27H34N2O5. The summed E-state index contributed by atoms with van der Waals surface area (Å²) < 4.78 is 11.4. The SMILES string of the molecule is CC(C)Oc1ccc(C(O)=C2C(=O)C(=O)N(CCN(C)C)[C@@H]2c2ccc(OC(C)C)cc2)cc1. The molecule has 1 aliphatic heterocycles. The van der Waals surface area contributed by atoms with Gasteiger partial charge in [0, 0.05) is 18.7 Å². The fraction of sp³-hybridized carbons (Fsp3) is 0.407. The zero-order chi connectivity index (χ0) is 25.0. The Morgan fingerprint density at radius 1 is 0.912 bits per heavy atom. The minimum absolute atomic E-state index is 0.0177. The second kappa shape index (κ2) is 10.7. The Hall–Kier alpha value is -3.32. The third-order valence-corrected chi connectivity index (χ3v) is 5.40. The van der Waals surface area contributed by atoms with Crippen LogP contribution in [0.3, 0.4) is 0 Å². The topological polar surface area (TPSA) is 79.3 Å². The van der Waals surface area contributed by atoms with E-state index >= 15 is 0 Å². The number of likely N-dealkylation sites (N-methyl/N-ethyl adjacent to an activating group) is 1. The maximum atomic E-state index is 13.1. The van der Waals surface area contributed by atoms with Gasteiger partial charge in [0.1, 0.15) is 17.3 Å². The Bertz CT molecular complexity index is 1040. The molecule has 0 spiro atoms. The van der Waals surface area contributed by atoms with Crippen molar-refractivity contribution in [1.82, 2.24) is 9.80 Å². The van der Waals surface area contributed by atoms with Gasteiger partial charge in [-0.2, -0.15) is 0 Å². The molecule has 1 atom stereocenters. The number of ether oxygens (including phenoxy) is 2. The summed E-state index contributed by atoms with van der Waals surface area (Å²) in [5.41, 5.74) is 1.26. The van der Waals surface area contributed by atoms with Crippen molar-refractivity contribution in [1.29, 1.82) is 0 Å². The molecule has 0 radical (unpaired) electrons. The van der Waals surface area contributed by atoms with E-state index < -0.39 is 17.7 Å². The van der Waals surface area contributed by atoms with E-state index in [1.807, 2.05) is 71.0 Å². The monoisotopic (exact) mass is 466 g/mol. The van der Waals surface area contributed by atoms with E-state index in [0.29, 0.717) is 30.2 Å². The van der Waals surface area contributed by atoms with Gasteiger partial charge in [-0.25, -0.2) is 0 Å². The van der Waals surface area contributed by atoms with Crippen molar-refractivity contribution < 1.29 is 24.2 Å². The van der Waals surface area contributed by atoms with Crippen LogP contribution in [0.15, 0.2) is 54.1 Å². The van der Waals surface area contributed by atoms with Crippen LogP contribution in [0.1, 0.15) is 44.9 Å². The highest BCUT2D eigenvalue weighted by Gasteiger charge is 2.45. The number of benzene rings is 2. The summed E-state index contributed by atoms with van der Waals surface area (Å²) in [5.74, 6) is -0.142. The molecule has 182 valence electrons. The predicted molar refractivity (Wildman–Crippen MR) is 132 cm³/mol. The normalized spacial score (nSPS) is 17.8. The number of ketones is 1. The van der Waals surface area contributed by atoms with Crippen LogP contribution in [0.5, 0.6) is 11.5 Å². The van der Waals surface area contributed by atoms with Gasteiger partial charge in [-0.15, -0.1) is 0 Å². The summed E-state index contributed by atoms with van der Waals surface area (Å²) >= 11 is 0. The van der Waals surface area contributed by atoms with Crippen LogP contribution in [0.2, 0.25) is 0 Å². The number of aliphatic hydroxyl groups excluding tert-OH is 1. The average Bonchev–Trinajstić information content (AvgIpc) is 3.02. The lowest BCUT2D eigenvalue weighted by Crippen LogP contribution is -2.35. The standard InChI is InChI=1S/C27H34N2O5/c1-17(2)33-21-11-7-19(8-12-21)24-23(26(31)27(32)29(24)16-15-28(5)6)25(30)20-9-13-22(14-10-20)34-18(3)4/h7-14,17-18,24,30H,15-16H2,1-6H3/t24-/m1/s1. The van der Waals surface area contributed by atoms with Crippen molar-refractivity contribution in [2.45, 2.75) is 45.9 Å². The van der Waals surface area contributed by atoms with Crippen molar-refractivity contribution >= 4 is 17.4 Å². The van der Waals surface area contributed by atoms with Crippen LogP contribution in [-0.4, -0.2) is 66.0 Å². The number of amides is 1. The molecule has 7 nitrogen and oxygen atoms in total. The Kier molecular flexibility index (Phi) is 7.99. The fourth-order valence-corrected chi connectivity index (χ4v) is 3.88. The first-order valence-corrected chi connectivity index (χ1v) is 11.5. The van der Waals surface area contributed by atoms with Gasteiger partial charge >= 0.3 is 0 Å². The van der Waals surface area contributed by atoms with Gasteiger partial charge < -0.3 is 24.4 Å². The Morgan fingerprint density at radius 2 is 1.41 bits per heavy atom. The quantitative estimate of drug-likeness (QED) is 0.338. The van der Waals surface area contributed by atoms with Gasteiger partial charge in [0.2, 0.25) is 0 Å². The van der Waals surface area contributed by atoms with E-state index in [-0.39, 0.29) is 23.5 Å². The van der Waals surface area contributed by atoms with E-state index in [1.54, 1.807) is 24.3 Å². The fourth-order valence-electron chi connectivity index (χ4n) is 3.88. The minimum atomic E-state index is -0.695. The molecule has 2 aromatic carbocycles. The predicted octanol–water partition coefficient (Wildman–Crippen LogP) is 4.24. The van der Waals surface area contributed by atoms with Crippen LogP contribution in [0, 0.1) is 0 Å². The number of nitrogens with zero attached hydrogens (tertiary/aromatic N) is 2. The first-order chi connectivity index (χ1) is 16.1. The van der Waals surface area contributed by atoms with Crippen molar-refractivity contribution in [3.8, 4) is 11.5 Å². The number of Topliss-reactive ketones (excluding diaryl/α,β-unsaturated/α-hetero) is 1. The molecule has 0 aliphatic carbocycles. The zero-order valence-corrected chi connectivity index (χ0v) is 20.7. The van der Waals surface area contributed by atoms with Crippen molar-refractivity contribution in [2.75, 3.05) is 27.2 Å². The average molecular weight is 467 g/mol. The van der Waals surface area contributed by atoms with Crippen LogP contribution >= 0.6 is 0 Å². The van der Waals surface area contributed by atoms with Crippen molar-refractivity contribution in [3.63, 3.8) is 0 Å². The summed E-state index contributed by atoms with van der Waals surface area (Å²) in [7, 11) is 3.81. The molecule has 1 fully saturated rings. The van der Waals surface area contributed by atoms with Crippen molar-refractivity contribution in [2.24, 2.45) is 0 Å². The lowest BCUT2D eigenvalue weighted by atomic mass is 9.95. The number of likely N-dealkylation sites (tertiary alicyclic amines) is 1. The molecule has 1 saturated heterocycles. The van der Waals surface area contributed by atoms with Gasteiger partial charge in [0.15, 0.2) is 0 Å². The summed E-state index contributed by atoms with van der Waals surface area (Å²) in [6.07, 6.45) is 0.0448. The van der Waals surface area contributed by atoms with Crippen molar-refractivity contribution in [3.05, 3.63) is 65.2 Å². The molecule has 1 amide bonds. The van der Waals surface area contributed by atoms with E-state index in [9.17, 15) is 14.7 Å². The highest BCUT2D eigenvalue weighted by atomic mass is 16.5. The second-order valence-electron chi connectivity index (χ2n) is 9.22. The molecule has 7 heteroatoms. The molecule has 0 bridgehead atoms. The summed E-state index contributed by atoms with van der Waals surface area (Å²) in [6, 6.07) is 13.5. The van der Waals surface area contributed by atoms with Gasteiger partial charge in [-0.3, -0.25) is 9.59 Å². The lowest BCUT2D eigenvalue weighted by Gasteiger charge is -2.26. The highest BCUT2D eigenvalue weighted by molar-refractivity contribution is 6.46. The number of carbonyl (C=O) groups is 2. The van der Waals surface area contributed by atoms with Crippen LogP contribution in [0.25, 0.3) is 5.76 Å².